The van der Waals surface area contributed by atoms with Gasteiger partial charge in [-0.1, -0.05) is 0 Å². The molecule has 128 valence electrons. The summed E-state index contributed by atoms with van der Waals surface area (Å²) in [6, 6.07) is 0. The maximum atomic E-state index is 13.6. The van der Waals surface area contributed by atoms with Crippen molar-refractivity contribution >= 4 is 11.6 Å². The molecule has 1 amide bonds. The highest BCUT2D eigenvalue weighted by Crippen LogP contribution is 2.64. The molecule has 0 aliphatic carbocycles. The minimum atomic E-state index is -6.70. The number of carbonyl (C=O) groups excluding carboxylic acids is 1. The van der Waals surface area contributed by atoms with E-state index in [-0.39, 0.29) is 5.71 Å². The molecule has 1 aliphatic heterocycles. The molecule has 1 atom stereocenters. The topological polar surface area (TPSA) is 50.7 Å². The Hall–Kier alpha value is -1.53. The summed E-state index contributed by atoms with van der Waals surface area (Å²) in [5, 5.41) is 2.81. The van der Waals surface area contributed by atoms with E-state index in [1.54, 1.807) is 0 Å². The van der Waals surface area contributed by atoms with E-state index < -0.39 is 35.6 Å². The van der Waals surface area contributed by atoms with Crippen molar-refractivity contribution in [2.45, 2.75) is 43.6 Å². The monoisotopic (exact) mass is 346 g/mol. The number of alkyl halides is 9. The van der Waals surface area contributed by atoms with Crippen LogP contribution in [0, 0.1) is 0 Å². The van der Waals surface area contributed by atoms with E-state index in [0.29, 0.717) is 0 Å². The number of halogens is 9. The van der Waals surface area contributed by atoms with Crippen molar-refractivity contribution in [1.82, 2.24) is 5.43 Å². The van der Waals surface area contributed by atoms with Gasteiger partial charge in [-0.15, -0.1) is 0 Å². The van der Waals surface area contributed by atoms with Crippen LogP contribution in [0.15, 0.2) is 5.10 Å². The van der Waals surface area contributed by atoms with Crippen LogP contribution in [0.5, 0.6) is 0 Å². The summed E-state index contributed by atoms with van der Waals surface area (Å²) in [4.78, 5) is 11.0. The van der Waals surface area contributed by atoms with Gasteiger partial charge in [-0.2, -0.15) is 44.6 Å². The van der Waals surface area contributed by atoms with E-state index in [9.17, 15) is 44.3 Å². The number of rotatable bonds is 3. The smallest absolute Gasteiger partial charge is 0.266 e. The molecule has 0 saturated carbocycles. The molecule has 0 unspecified atom stereocenters. The molecule has 1 rings (SSSR count). The highest BCUT2D eigenvalue weighted by molar-refractivity contribution is 5.87. The zero-order valence-electron chi connectivity index (χ0n) is 10.7. The fraction of sp³-hybridized carbons (Fsp3) is 0.778. The Kier molecular flexibility index (Phi) is 3.98. The molecule has 1 heterocycles. The number of amides is 1. The van der Waals surface area contributed by atoms with Crippen LogP contribution in [0.3, 0.4) is 0 Å². The number of hydrogen-bond donors (Lipinski definition) is 1. The lowest BCUT2D eigenvalue weighted by molar-refractivity contribution is -0.367. The second-order valence-corrected chi connectivity index (χ2v) is 4.44. The van der Waals surface area contributed by atoms with Crippen LogP contribution in [0.1, 0.15) is 13.8 Å². The molecule has 0 radical (unpaired) electrons. The van der Waals surface area contributed by atoms with Crippen molar-refractivity contribution in [3.63, 3.8) is 0 Å². The normalized spacial score (nSPS) is 29.0. The van der Waals surface area contributed by atoms with Gasteiger partial charge >= 0.3 is 35.6 Å². The maximum Gasteiger partial charge on any atom is 0.428 e. The predicted molar refractivity (Wildman–Crippen MR) is 51.6 cm³/mol. The van der Waals surface area contributed by atoms with Crippen LogP contribution < -0.4 is 5.43 Å². The van der Waals surface area contributed by atoms with E-state index in [0.717, 1.165) is 19.3 Å². The lowest BCUT2D eigenvalue weighted by Gasteiger charge is -2.31. The van der Waals surface area contributed by atoms with Crippen molar-refractivity contribution in [3.05, 3.63) is 0 Å². The molecule has 22 heavy (non-hydrogen) atoms. The minimum Gasteiger partial charge on any atom is -0.266 e. The summed E-state index contributed by atoms with van der Waals surface area (Å²) >= 11 is 0. The van der Waals surface area contributed by atoms with Gasteiger partial charge in [-0.3, -0.25) is 9.53 Å². The Labute approximate surface area is 116 Å². The molecule has 0 spiro atoms. The number of carbonyl (C=O) groups is 1. The zero-order valence-corrected chi connectivity index (χ0v) is 10.7. The number of hydrogen-bond acceptors (Lipinski definition) is 3. The van der Waals surface area contributed by atoms with Crippen LogP contribution in [0.4, 0.5) is 39.5 Å². The first-order valence-corrected chi connectivity index (χ1v) is 5.26. The van der Waals surface area contributed by atoms with Crippen LogP contribution in [-0.2, 0) is 9.53 Å². The lowest BCUT2D eigenvalue weighted by atomic mass is 9.99. The molecule has 1 N–H and O–H groups in total. The predicted octanol–water partition coefficient (Wildman–Crippen LogP) is 2.69. The summed E-state index contributed by atoms with van der Waals surface area (Å²) in [5.74, 6) is -28.7. The van der Waals surface area contributed by atoms with Crippen molar-refractivity contribution in [2.24, 2.45) is 5.10 Å². The summed E-state index contributed by atoms with van der Waals surface area (Å²) in [5.41, 5.74) is 0.754. The third kappa shape index (κ3) is 2.13. The molecule has 4 nitrogen and oxygen atoms in total. The third-order valence-electron chi connectivity index (χ3n) is 2.50. The van der Waals surface area contributed by atoms with Crippen LogP contribution in [0.2, 0.25) is 0 Å². The number of ether oxygens (including phenoxy) is 1. The van der Waals surface area contributed by atoms with E-state index >= 15 is 0 Å². The largest absolute Gasteiger partial charge is 0.428 e. The molecular weight excluding hydrogens is 339 g/mol. The van der Waals surface area contributed by atoms with Crippen LogP contribution in [0.25, 0.3) is 0 Å². The van der Waals surface area contributed by atoms with E-state index in [1.807, 2.05) is 0 Å². The van der Waals surface area contributed by atoms with E-state index in [2.05, 4.69) is 9.84 Å². The Bertz CT molecular complexity index is 515. The van der Waals surface area contributed by atoms with Crippen molar-refractivity contribution < 1.29 is 49.0 Å². The first kappa shape index (κ1) is 18.5. The van der Waals surface area contributed by atoms with Gasteiger partial charge in [-0.25, -0.2) is 5.43 Å². The van der Waals surface area contributed by atoms with Crippen LogP contribution in [-0.4, -0.2) is 41.3 Å². The molecule has 0 aromatic heterocycles. The highest BCUT2D eigenvalue weighted by atomic mass is 19.4. The second kappa shape index (κ2) is 4.73. The summed E-state index contributed by atoms with van der Waals surface area (Å²) in [7, 11) is 0. The van der Waals surface area contributed by atoms with Crippen molar-refractivity contribution in [1.29, 1.82) is 0 Å². The lowest BCUT2D eigenvalue weighted by Crippen LogP contribution is -2.64. The molecule has 1 aliphatic rings. The van der Waals surface area contributed by atoms with Gasteiger partial charge in [0.1, 0.15) is 0 Å². The maximum absolute atomic E-state index is 13.6. The van der Waals surface area contributed by atoms with Gasteiger partial charge in [0, 0.05) is 5.71 Å². The van der Waals surface area contributed by atoms with Gasteiger partial charge in [0.05, 0.1) is 0 Å². The average molecular weight is 346 g/mol. The van der Waals surface area contributed by atoms with Gasteiger partial charge in [0.25, 0.3) is 0 Å². The first-order valence-electron chi connectivity index (χ1n) is 5.26. The van der Waals surface area contributed by atoms with Crippen LogP contribution >= 0.6 is 0 Å². The first-order chi connectivity index (χ1) is 9.54. The molecule has 0 bridgehead atoms. The average Bonchev–Trinajstić information content (AvgIpc) is 2.42. The quantitative estimate of drug-likeness (QED) is 0.485. The zero-order chi connectivity index (χ0) is 17.8. The molecule has 1 saturated heterocycles. The summed E-state index contributed by atoms with van der Waals surface area (Å²) in [6.07, 6.45) is -6.26. The SMILES string of the molecule is CC(C)=NNC(=O)C(F)(F)[C@]1(F)OC(F)(F)C(F)(F)C1(F)F. The Morgan fingerprint density at radius 2 is 1.45 bits per heavy atom. The van der Waals surface area contributed by atoms with Gasteiger partial charge in [0.15, 0.2) is 0 Å². The van der Waals surface area contributed by atoms with Gasteiger partial charge < -0.3 is 0 Å². The molecule has 0 aromatic rings. The summed E-state index contributed by atoms with van der Waals surface area (Å²) in [6.45, 7) is 2.26. The van der Waals surface area contributed by atoms with Gasteiger partial charge in [-0.05, 0) is 13.8 Å². The fourth-order valence-corrected chi connectivity index (χ4v) is 1.33. The minimum absolute atomic E-state index is 0.119. The van der Waals surface area contributed by atoms with E-state index in [4.69, 9.17) is 0 Å². The highest BCUT2D eigenvalue weighted by Gasteiger charge is 2.96. The van der Waals surface area contributed by atoms with E-state index in [1.165, 1.54) is 0 Å². The number of nitrogens with one attached hydrogen (secondary N) is 1. The Morgan fingerprint density at radius 3 is 1.77 bits per heavy atom. The molecule has 1 fully saturated rings. The molecular formula is C9H7F9N2O2. The molecule has 13 heteroatoms. The molecule has 0 aromatic carbocycles. The Morgan fingerprint density at radius 1 is 1.00 bits per heavy atom. The number of hydrazone groups is 1. The standard InChI is InChI=1S/C9H7F9N2O2/c1-3(2)19-20-4(21)5(10,11)8(16)6(12,13)7(14,15)9(17,18)22-8/h1-2H3,(H,20,21)/t8-/m0/s1. The van der Waals surface area contributed by atoms with Gasteiger partial charge in [0.2, 0.25) is 0 Å². The number of nitrogens with zero attached hydrogens (tertiary/aromatic N) is 1. The third-order valence-corrected chi connectivity index (χ3v) is 2.50. The fourth-order valence-electron chi connectivity index (χ4n) is 1.33. The van der Waals surface area contributed by atoms with Crippen molar-refractivity contribution in [3.8, 4) is 0 Å². The second-order valence-electron chi connectivity index (χ2n) is 4.44. The summed E-state index contributed by atoms with van der Waals surface area (Å²) < 4.78 is 120. The van der Waals surface area contributed by atoms with Crippen molar-refractivity contribution in [2.75, 3.05) is 0 Å². The Balaban J connectivity index is 3.34.